The van der Waals surface area contributed by atoms with Crippen molar-refractivity contribution in [1.82, 2.24) is 9.55 Å². The highest BCUT2D eigenvalue weighted by Gasteiger charge is 2.53. The van der Waals surface area contributed by atoms with Crippen molar-refractivity contribution in [3.8, 4) is 0 Å². The van der Waals surface area contributed by atoms with Crippen molar-refractivity contribution in [3.63, 3.8) is 0 Å². The lowest BCUT2D eigenvalue weighted by Gasteiger charge is -2.15. The third kappa shape index (κ3) is 2.04. The first-order chi connectivity index (χ1) is 8.56. The van der Waals surface area contributed by atoms with E-state index in [4.69, 9.17) is 5.11 Å². The van der Waals surface area contributed by atoms with Gasteiger partial charge in [-0.25, -0.2) is 4.79 Å². The lowest BCUT2D eigenvalue weighted by Crippen LogP contribution is -2.34. The Labute approximate surface area is 103 Å². The molecule has 6 nitrogen and oxygen atoms in total. The summed E-state index contributed by atoms with van der Waals surface area (Å²) in [5.41, 5.74) is -1.13. The largest absolute Gasteiger partial charge is 0.396 e. The minimum absolute atomic E-state index is 0.00696. The van der Waals surface area contributed by atoms with Crippen LogP contribution in [0.15, 0.2) is 22.4 Å². The zero-order chi connectivity index (χ0) is 13.3. The fourth-order valence-corrected chi connectivity index (χ4v) is 2.26. The zero-order valence-corrected chi connectivity index (χ0v) is 9.93. The summed E-state index contributed by atoms with van der Waals surface area (Å²) >= 11 is 0. The van der Waals surface area contributed by atoms with Crippen LogP contribution in [0.25, 0.3) is 6.08 Å². The minimum Gasteiger partial charge on any atom is -0.396 e. The molecule has 6 heteroatoms. The topological polar surface area (TPSA) is 95.3 Å². The smallest absolute Gasteiger partial charge is 0.328 e. The van der Waals surface area contributed by atoms with E-state index in [1.807, 2.05) is 0 Å². The Hall–Kier alpha value is -1.66. The molecule has 0 unspecified atom stereocenters. The van der Waals surface area contributed by atoms with Gasteiger partial charge >= 0.3 is 5.69 Å². The van der Waals surface area contributed by atoms with Gasteiger partial charge in [-0.2, -0.15) is 0 Å². The van der Waals surface area contributed by atoms with E-state index in [0.717, 1.165) is 0 Å². The molecular weight excluding hydrogens is 236 g/mol. The van der Waals surface area contributed by atoms with Gasteiger partial charge in [0.05, 0.1) is 12.2 Å². The lowest BCUT2D eigenvalue weighted by molar-refractivity contribution is 0.156. The van der Waals surface area contributed by atoms with Gasteiger partial charge in [-0.05, 0) is 12.3 Å². The highest BCUT2D eigenvalue weighted by atomic mass is 16.3. The average Bonchev–Trinajstić information content (AvgIpc) is 3.07. The van der Waals surface area contributed by atoms with E-state index in [2.05, 4.69) is 11.6 Å². The standard InChI is InChI=1S/C12H16N2O4/c1-2-8-4-14(11(18)13-10(8)17)6-12(7-16)3-9(12)5-15/h2,4,9,15-16H,1,3,5-7H2,(H,13,17,18)/t9-,12-/m0/s1. The van der Waals surface area contributed by atoms with Crippen LogP contribution in [0.1, 0.15) is 12.0 Å². The van der Waals surface area contributed by atoms with Crippen molar-refractivity contribution in [1.29, 1.82) is 0 Å². The Kier molecular flexibility index (Phi) is 3.23. The van der Waals surface area contributed by atoms with E-state index in [-0.39, 0.29) is 25.7 Å². The van der Waals surface area contributed by atoms with E-state index in [1.54, 1.807) is 0 Å². The van der Waals surface area contributed by atoms with Crippen LogP contribution in [0.2, 0.25) is 0 Å². The van der Waals surface area contributed by atoms with Crippen LogP contribution in [0, 0.1) is 11.3 Å². The van der Waals surface area contributed by atoms with Gasteiger partial charge in [0.1, 0.15) is 0 Å². The van der Waals surface area contributed by atoms with Crippen LogP contribution in [0.4, 0.5) is 0 Å². The molecule has 1 saturated carbocycles. The Bertz CT molecular complexity index is 574. The number of aromatic nitrogens is 2. The molecule has 0 aliphatic heterocycles. The van der Waals surface area contributed by atoms with Crippen molar-refractivity contribution in [2.75, 3.05) is 13.2 Å². The first-order valence-corrected chi connectivity index (χ1v) is 5.74. The van der Waals surface area contributed by atoms with Gasteiger partial charge in [-0.3, -0.25) is 14.3 Å². The molecule has 1 aromatic heterocycles. The molecule has 98 valence electrons. The Morgan fingerprint density at radius 3 is 2.78 bits per heavy atom. The van der Waals surface area contributed by atoms with Crippen LogP contribution in [0.3, 0.4) is 0 Å². The minimum atomic E-state index is -0.512. The summed E-state index contributed by atoms with van der Waals surface area (Å²) in [6.45, 7) is 3.69. The molecule has 0 spiro atoms. The molecule has 2 atom stereocenters. The normalized spacial score (nSPS) is 26.0. The maximum Gasteiger partial charge on any atom is 0.328 e. The maximum atomic E-state index is 11.7. The number of H-pyrrole nitrogens is 1. The predicted octanol–water partition coefficient (Wildman–Crippen LogP) is -0.830. The number of rotatable bonds is 5. The molecule has 18 heavy (non-hydrogen) atoms. The van der Waals surface area contributed by atoms with Gasteiger partial charge in [0, 0.05) is 24.8 Å². The van der Waals surface area contributed by atoms with Crippen molar-refractivity contribution in [3.05, 3.63) is 39.2 Å². The van der Waals surface area contributed by atoms with Crippen molar-refractivity contribution in [2.45, 2.75) is 13.0 Å². The quantitative estimate of drug-likeness (QED) is 0.637. The second-order valence-corrected chi connectivity index (χ2v) is 4.78. The number of aliphatic hydroxyl groups excluding tert-OH is 2. The van der Waals surface area contributed by atoms with Gasteiger partial charge in [0.2, 0.25) is 0 Å². The summed E-state index contributed by atoms with van der Waals surface area (Å²) in [5, 5.41) is 18.5. The first-order valence-electron chi connectivity index (χ1n) is 5.74. The lowest BCUT2D eigenvalue weighted by atomic mass is 10.1. The highest BCUT2D eigenvalue weighted by molar-refractivity contribution is 5.43. The van der Waals surface area contributed by atoms with Gasteiger partial charge in [-0.1, -0.05) is 12.7 Å². The van der Waals surface area contributed by atoms with Crippen molar-refractivity contribution in [2.24, 2.45) is 11.3 Å². The van der Waals surface area contributed by atoms with Gasteiger partial charge in [-0.15, -0.1) is 0 Å². The molecule has 3 N–H and O–H groups in total. The van der Waals surface area contributed by atoms with Crippen LogP contribution >= 0.6 is 0 Å². The molecule has 0 radical (unpaired) electrons. The predicted molar refractivity (Wildman–Crippen MR) is 66.1 cm³/mol. The summed E-state index contributed by atoms with van der Waals surface area (Å²) in [6, 6.07) is 0. The van der Waals surface area contributed by atoms with Crippen molar-refractivity contribution < 1.29 is 10.2 Å². The molecule has 0 amide bonds. The second kappa shape index (κ2) is 4.55. The summed E-state index contributed by atoms with van der Waals surface area (Å²) < 4.78 is 1.35. The summed E-state index contributed by atoms with van der Waals surface area (Å²) in [6.07, 6.45) is 3.48. The van der Waals surface area contributed by atoms with E-state index in [1.165, 1.54) is 16.8 Å². The van der Waals surface area contributed by atoms with Gasteiger partial charge in [0.25, 0.3) is 5.56 Å². The van der Waals surface area contributed by atoms with Gasteiger partial charge < -0.3 is 10.2 Å². The number of aliphatic hydroxyl groups is 2. The number of nitrogens with zero attached hydrogens (tertiary/aromatic N) is 1. The second-order valence-electron chi connectivity index (χ2n) is 4.78. The Morgan fingerprint density at radius 1 is 1.56 bits per heavy atom. The molecule has 2 rings (SSSR count). The molecule has 0 saturated heterocycles. The number of aromatic amines is 1. The van der Waals surface area contributed by atoms with Crippen LogP contribution in [-0.2, 0) is 6.54 Å². The Morgan fingerprint density at radius 2 is 2.28 bits per heavy atom. The molecule has 0 bridgehead atoms. The number of nitrogens with one attached hydrogen (secondary N) is 1. The molecule has 1 heterocycles. The van der Waals surface area contributed by atoms with E-state index in [9.17, 15) is 14.7 Å². The third-order valence-corrected chi connectivity index (χ3v) is 3.64. The van der Waals surface area contributed by atoms with E-state index in [0.29, 0.717) is 12.0 Å². The van der Waals surface area contributed by atoms with Crippen LogP contribution < -0.4 is 11.2 Å². The molecule has 1 fully saturated rings. The molecule has 0 aromatic carbocycles. The Balaban J connectivity index is 2.33. The molecule has 1 aliphatic carbocycles. The zero-order valence-electron chi connectivity index (χ0n) is 9.93. The fourth-order valence-electron chi connectivity index (χ4n) is 2.26. The maximum absolute atomic E-state index is 11.7. The van der Waals surface area contributed by atoms with Crippen molar-refractivity contribution >= 4 is 6.08 Å². The SMILES string of the molecule is C=Cc1cn(C[C@]2(CO)C[C@H]2CO)c(=O)[nH]c1=O. The van der Waals surface area contributed by atoms with Crippen LogP contribution in [-0.4, -0.2) is 33.0 Å². The highest BCUT2D eigenvalue weighted by Crippen LogP contribution is 2.52. The van der Waals surface area contributed by atoms with Gasteiger partial charge in [0.15, 0.2) is 0 Å². The first kappa shape index (κ1) is 12.8. The van der Waals surface area contributed by atoms with Crippen LogP contribution in [0.5, 0.6) is 0 Å². The molecule has 1 aliphatic rings. The average molecular weight is 252 g/mol. The molecular formula is C12H16N2O4. The number of hydrogen-bond donors (Lipinski definition) is 3. The fraction of sp³-hybridized carbons (Fsp3) is 0.500. The third-order valence-electron chi connectivity index (χ3n) is 3.64. The number of hydrogen-bond acceptors (Lipinski definition) is 4. The molecule has 1 aromatic rings. The monoisotopic (exact) mass is 252 g/mol. The summed E-state index contributed by atoms with van der Waals surface area (Å²) in [7, 11) is 0. The van der Waals surface area contributed by atoms with E-state index < -0.39 is 16.7 Å². The summed E-state index contributed by atoms with van der Waals surface area (Å²) in [5.74, 6) is 0.00788. The summed E-state index contributed by atoms with van der Waals surface area (Å²) in [4.78, 5) is 25.2. The van der Waals surface area contributed by atoms with E-state index >= 15 is 0 Å².